The minimum Gasteiger partial charge on any atom is -0.435 e. The van der Waals surface area contributed by atoms with Crippen LogP contribution in [0.2, 0.25) is 0 Å². The summed E-state index contributed by atoms with van der Waals surface area (Å²) in [6.45, 7) is 1.07. The van der Waals surface area contributed by atoms with Gasteiger partial charge in [0.05, 0.1) is 19.4 Å². The van der Waals surface area contributed by atoms with Crippen LogP contribution >= 0.6 is 7.60 Å². The van der Waals surface area contributed by atoms with E-state index in [9.17, 15) is 13.3 Å². The molecule has 0 aliphatic rings. The van der Waals surface area contributed by atoms with Crippen molar-refractivity contribution in [3.05, 3.63) is 29.8 Å². The van der Waals surface area contributed by atoms with Crippen molar-refractivity contribution in [3.63, 3.8) is 0 Å². The summed E-state index contributed by atoms with van der Waals surface area (Å²) >= 11 is 0. The first-order chi connectivity index (χ1) is 9.90. The molecule has 0 heterocycles. The average molecular weight is 323 g/mol. The molecule has 1 rings (SSSR count). The number of nitrogens with two attached hydrogens (primary N) is 1. The molecule has 1 atom stereocenters. The molecule has 0 aromatic heterocycles. The predicted molar refractivity (Wildman–Crippen MR) is 75.7 cm³/mol. The van der Waals surface area contributed by atoms with Crippen LogP contribution in [0.4, 0.5) is 8.78 Å². The highest BCUT2D eigenvalue weighted by Gasteiger charge is 2.27. The van der Waals surface area contributed by atoms with Crippen molar-refractivity contribution in [1.29, 1.82) is 0 Å². The molecule has 5 nitrogen and oxygen atoms in total. The minimum atomic E-state index is -3.25. The molecule has 0 fully saturated rings. The number of alkyl halides is 2. The Morgan fingerprint density at radius 2 is 1.67 bits per heavy atom. The van der Waals surface area contributed by atoms with Gasteiger partial charge in [-0.2, -0.15) is 8.78 Å². The van der Waals surface area contributed by atoms with Gasteiger partial charge >= 0.3 is 14.2 Å². The van der Waals surface area contributed by atoms with Crippen molar-refractivity contribution in [2.75, 3.05) is 19.4 Å². The van der Waals surface area contributed by atoms with E-state index in [1.165, 1.54) is 12.1 Å². The molecule has 0 saturated heterocycles. The summed E-state index contributed by atoms with van der Waals surface area (Å²) in [4.78, 5) is 0. The lowest BCUT2D eigenvalue weighted by atomic mass is 10.1. The molecule has 0 aliphatic heterocycles. The molecular formula is C13H20F2NO4P. The van der Waals surface area contributed by atoms with Gasteiger partial charge in [0.2, 0.25) is 0 Å². The SMILES string of the molecule is CCOP(=O)(CC(N)c1ccc(OC(F)F)cc1)OCC. The Bertz CT molecular complexity index is 460. The first-order valence-electron chi connectivity index (χ1n) is 6.58. The minimum absolute atomic E-state index is 0.0176. The highest BCUT2D eigenvalue weighted by atomic mass is 31.2. The van der Waals surface area contributed by atoms with Gasteiger partial charge in [0, 0.05) is 6.04 Å². The second-order valence-electron chi connectivity index (χ2n) is 4.18. The molecule has 0 amide bonds. The fourth-order valence-electron chi connectivity index (χ4n) is 1.78. The van der Waals surface area contributed by atoms with Crippen molar-refractivity contribution in [1.82, 2.24) is 0 Å². The lowest BCUT2D eigenvalue weighted by molar-refractivity contribution is -0.0498. The second-order valence-corrected chi connectivity index (χ2v) is 6.29. The lowest BCUT2D eigenvalue weighted by Crippen LogP contribution is -2.17. The third-order valence-electron chi connectivity index (χ3n) is 2.61. The van der Waals surface area contributed by atoms with Gasteiger partial charge in [-0.05, 0) is 31.5 Å². The summed E-state index contributed by atoms with van der Waals surface area (Å²) < 4.78 is 51.1. The van der Waals surface area contributed by atoms with Crippen molar-refractivity contribution in [3.8, 4) is 5.75 Å². The van der Waals surface area contributed by atoms with Gasteiger partial charge in [-0.15, -0.1) is 0 Å². The summed E-state index contributed by atoms with van der Waals surface area (Å²) in [7, 11) is -3.25. The lowest BCUT2D eigenvalue weighted by Gasteiger charge is -2.21. The zero-order chi connectivity index (χ0) is 15.9. The summed E-state index contributed by atoms with van der Waals surface area (Å²) in [5.41, 5.74) is 6.61. The molecule has 1 aromatic rings. The monoisotopic (exact) mass is 323 g/mol. The van der Waals surface area contributed by atoms with Crippen molar-refractivity contribution >= 4 is 7.60 Å². The van der Waals surface area contributed by atoms with Crippen molar-refractivity contribution in [2.45, 2.75) is 26.5 Å². The van der Waals surface area contributed by atoms with E-state index < -0.39 is 20.2 Å². The van der Waals surface area contributed by atoms with Gasteiger partial charge < -0.3 is 19.5 Å². The van der Waals surface area contributed by atoms with Crippen LogP contribution in [0.1, 0.15) is 25.5 Å². The maximum absolute atomic E-state index is 12.4. The zero-order valence-electron chi connectivity index (χ0n) is 12.0. The standard InChI is InChI=1S/C13H20F2NO4P/c1-3-18-21(17,19-4-2)9-12(16)10-5-7-11(8-6-10)20-13(14)15/h5-8,12-13H,3-4,9,16H2,1-2H3. The van der Waals surface area contributed by atoms with Crippen LogP contribution in [0.25, 0.3) is 0 Å². The van der Waals surface area contributed by atoms with Crippen LogP contribution < -0.4 is 10.5 Å². The Labute approximate surface area is 122 Å². The van der Waals surface area contributed by atoms with Gasteiger partial charge in [-0.3, -0.25) is 4.57 Å². The summed E-state index contributed by atoms with van der Waals surface area (Å²) in [6.07, 6.45) is 0.0176. The Balaban J connectivity index is 2.73. The van der Waals surface area contributed by atoms with Crippen molar-refractivity contribution in [2.24, 2.45) is 5.73 Å². The van der Waals surface area contributed by atoms with Crippen LogP contribution in [-0.4, -0.2) is 26.0 Å². The summed E-state index contributed by atoms with van der Waals surface area (Å²) in [5, 5.41) is 0. The molecule has 0 radical (unpaired) electrons. The van der Waals surface area contributed by atoms with Crippen molar-refractivity contribution < 1.29 is 27.1 Å². The first kappa shape index (κ1) is 18.0. The molecule has 0 saturated carbocycles. The van der Waals surface area contributed by atoms with Gasteiger partial charge in [-0.1, -0.05) is 12.1 Å². The number of halogens is 2. The number of rotatable bonds is 9. The maximum atomic E-state index is 12.4. The number of hydrogen-bond acceptors (Lipinski definition) is 5. The molecular weight excluding hydrogens is 303 g/mol. The number of ether oxygens (including phenoxy) is 1. The Morgan fingerprint density at radius 3 is 2.10 bits per heavy atom. The third kappa shape index (κ3) is 6.09. The first-order valence-corrected chi connectivity index (χ1v) is 8.31. The quantitative estimate of drug-likeness (QED) is 0.704. The zero-order valence-corrected chi connectivity index (χ0v) is 12.9. The van der Waals surface area contributed by atoms with E-state index in [1.807, 2.05) is 0 Å². The molecule has 0 aliphatic carbocycles. The molecule has 1 unspecified atom stereocenters. The van der Waals surface area contributed by atoms with E-state index in [0.717, 1.165) is 0 Å². The van der Waals surface area contributed by atoms with E-state index in [1.54, 1.807) is 26.0 Å². The number of hydrogen-bond donors (Lipinski definition) is 1. The molecule has 8 heteroatoms. The summed E-state index contributed by atoms with van der Waals surface area (Å²) in [5.74, 6) is 0.0405. The summed E-state index contributed by atoms with van der Waals surface area (Å²) in [6, 6.07) is 5.27. The van der Waals surface area contributed by atoms with E-state index in [2.05, 4.69) is 4.74 Å². The molecule has 120 valence electrons. The highest BCUT2D eigenvalue weighted by Crippen LogP contribution is 2.50. The molecule has 0 bridgehead atoms. The largest absolute Gasteiger partial charge is 0.435 e. The van der Waals surface area contributed by atoms with E-state index in [-0.39, 0.29) is 25.1 Å². The average Bonchev–Trinajstić information content (AvgIpc) is 2.39. The van der Waals surface area contributed by atoms with Crippen LogP contribution in [0.15, 0.2) is 24.3 Å². The molecule has 0 spiro atoms. The fourth-order valence-corrected chi connectivity index (χ4v) is 3.54. The van der Waals surface area contributed by atoms with Crippen LogP contribution in [0, 0.1) is 0 Å². The Hall–Kier alpha value is -1.01. The van der Waals surface area contributed by atoms with Gasteiger partial charge in [0.25, 0.3) is 0 Å². The normalized spacial score (nSPS) is 13.4. The van der Waals surface area contributed by atoms with Crippen LogP contribution in [0.5, 0.6) is 5.75 Å². The fraction of sp³-hybridized carbons (Fsp3) is 0.538. The highest BCUT2D eigenvalue weighted by molar-refractivity contribution is 7.53. The predicted octanol–water partition coefficient (Wildman–Crippen LogP) is 3.55. The topological polar surface area (TPSA) is 70.8 Å². The van der Waals surface area contributed by atoms with Crippen LogP contribution in [0.3, 0.4) is 0 Å². The van der Waals surface area contributed by atoms with E-state index in [4.69, 9.17) is 14.8 Å². The smallest absolute Gasteiger partial charge is 0.387 e. The Morgan fingerprint density at radius 1 is 1.14 bits per heavy atom. The molecule has 2 N–H and O–H groups in total. The van der Waals surface area contributed by atoms with E-state index >= 15 is 0 Å². The van der Waals surface area contributed by atoms with E-state index in [0.29, 0.717) is 5.56 Å². The number of benzene rings is 1. The second kappa shape index (κ2) is 8.44. The molecule has 1 aromatic carbocycles. The van der Waals surface area contributed by atoms with Crippen LogP contribution in [-0.2, 0) is 13.6 Å². The van der Waals surface area contributed by atoms with Gasteiger partial charge in [0.1, 0.15) is 5.75 Å². The molecule has 21 heavy (non-hydrogen) atoms. The maximum Gasteiger partial charge on any atom is 0.387 e. The Kier molecular flexibility index (Phi) is 7.25. The third-order valence-corrected chi connectivity index (χ3v) is 4.75. The van der Waals surface area contributed by atoms with Gasteiger partial charge in [0.15, 0.2) is 0 Å². The van der Waals surface area contributed by atoms with Gasteiger partial charge in [-0.25, -0.2) is 0 Å².